The predicted octanol–water partition coefficient (Wildman–Crippen LogP) is 3.22. The largest absolute Gasteiger partial charge is 0.464 e. The summed E-state index contributed by atoms with van der Waals surface area (Å²) in [6.07, 6.45) is -2.78. The average Bonchev–Trinajstić information content (AvgIpc) is 2.19. The summed E-state index contributed by atoms with van der Waals surface area (Å²) in [6, 6.07) is 1.06. The van der Waals surface area contributed by atoms with E-state index in [1.165, 1.54) is 0 Å². The van der Waals surface area contributed by atoms with Gasteiger partial charge in [0.15, 0.2) is 5.69 Å². The van der Waals surface area contributed by atoms with Gasteiger partial charge in [0.2, 0.25) is 0 Å². The van der Waals surface area contributed by atoms with E-state index < -0.39 is 18.0 Å². The Kier molecular flexibility index (Phi) is 3.98. The van der Waals surface area contributed by atoms with Crippen molar-refractivity contribution in [1.82, 2.24) is 4.98 Å². The van der Waals surface area contributed by atoms with E-state index in [1.807, 2.05) is 0 Å². The van der Waals surface area contributed by atoms with Crippen LogP contribution in [0.15, 0.2) is 10.7 Å². The predicted molar refractivity (Wildman–Crippen MR) is 53.2 cm³/mol. The summed E-state index contributed by atoms with van der Waals surface area (Å²) in [5.74, 6) is -0.858. The maximum Gasteiger partial charge on any atom is 0.358 e. The molecule has 0 atom stereocenters. The Balaban J connectivity index is 3.34. The number of nitrogens with zero attached hydrogens (tertiary/aromatic N) is 1. The molecule has 0 spiro atoms. The number of rotatable bonds is 2. The number of methoxy groups -OCH3 is 1. The SMILES string of the molecule is COC(=O)c1nc(Br)cc(C(F)F)c1Cl. The molecular formula is C8H5BrClF2NO2. The highest BCUT2D eigenvalue weighted by molar-refractivity contribution is 9.10. The van der Waals surface area contributed by atoms with Crippen molar-refractivity contribution in [1.29, 1.82) is 0 Å². The van der Waals surface area contributed by atoms with Crippen molar-refractivity contribution in [3.05, 3.63) is 26.9 Å². The second-order valence-electron chi connectivity index (χ2n) is 2.49. The van der Waals surface area contributed by atoms with Crippen LogP contribution in [0.25, 0.3) is 0 Å². The summed E-state index contributed by atoms with van der Waals surface area (Å²) in [6.45, 7) is 0. The molecular weight excluding hydrogens is 295 g/mol. The number of esters is 1. The van der Waals surface area contributed by atoms with Crippen molar-refractivity contribution in [3.8, 4) is 0 Å². The van der Waals surface area contributed by atoms with Gasteiger partial charge in [-0.05, 0) is 22.0 Å². The van der Waals surface area contributed by atoms with Gasteiger partial charge in [-0.1, -0.05) is 11.6 Å². The second-order valence-corrected chi connectivity index (χ2v) is 3.68. The van der Waals surface area contributed by atoms with Crippen molar-refractivity contribution in [2.24, 2.45) is 0 Å². The smallest absolute Gasteiger partial charge is 0.358 e. The molecule has 1 rings (SSSR count). The number of halogens is 4. The lowest BCUT2D eigenvalue weighted by Gasteiger charge is -2.07. The average molecular weight is 300 g/mol. The number of hydrogen-bond acceptors (Lipinski definition) is 3. The van der Waals surface area contributed by atoms with Crippen LogP contribution < -0.4 is 0 Å². The first-order valence-corrected chi connectivity index (χ1v) is 4.87. The summed E-state index contributed by atoms with van der Waals surface area (Å²) >= 11 is 8.49. The number of hydrogen-bond donors (Lipinski definition) is 0. The molecule has 7 heteroatoms. The number of aromatic nitrogens is 1. The molecule has 0 bridgehead atoms. The summed E-state index contributed by atoms with van der Waals surface area (Å²) in [4.78, 5) is 14.8. The fourth-order valence-corrected chi connectivity index (χ4v) is 1.59. The molecule has 0 aliphatic rings. The minimum Gasteiger partial charge on any atom is -0.464 e. The van der Waals surface area contributed by atoms with Gasteiger partial charge in [-0.3, -0.25) is 0 Å². The van der Waals surface area contributed by atoms with E-state index in [0.717, 1.165) is 13.2 Å². The van der Waals surface area contributed by atoms with E-state index in [0.29, 0.717) is 0 Å². The molecule has 0 unspecified atom stereocenters. The lowest BCUT2D eigenvalue weighted by molar-refractivity contribution is 0.0593. The van der Waals surface area contributed by atoms with Crippen molar-refractivity contribution in [3.63, 3.8) is 0 Å². The van der Waals surface area contributed by atoms with E-state index in [4.69, 9.17) is 11.6 Å². The second kappa shape index (κ2) is 4.85. The zero-order chi connectivity index (χ0) is 11.6. The van der Waals surface area contributed by atoms with E-state index in [-0.39, 0.29) is 15.3 Å². The zero-order valence-corrected chi connectivity index (χ0v) is 9.77. The summed E-state index contributed by atoms with van der Waals surface area (Å²) in [5, 5.41) is -0.389. The van der Waals surface area contributed by atoms with Gasteiger partial charge < -0.3 is 4.74 Å². The molecule has 0 saturated carbocycles. The molecule has 1 aromatic rings. The van der Waals surface area contributed by atoms with Gasteiger partial charge in [-0.15, -0.1) is 0 Å². The lowest BCUT2D eigenvalue weighted by Crippen LogP contribution is -2.07. The summed E-state index contributed by atoms with van der Waals surface area (Å²) in [7, 11) is 1.11. The van der Waals surface area contributed by atoms with Gasteiger partial charge in [-0.25, -0.2) is 18.6 Å². The van der Waals surface area contributed by atoms with Crippen LogP contribution in [0.3, 0.4) is 0 Å². The summed E-state index contributed by atoms with van der Waals surface area (Å²) < 4.78 is 29.4. The van der Waals surface area contributed by atoms with Gasteiger partial charge in [0.05, 0.1) is 12.1 Å². The molecule has 15 heavy (non-hydrogen) atoms. The number of carbonyl (C=O) groups is 1. The van der Waals surface area contributed by atoms with Crippen LogP contribution in [0.1, 0.15) is 22.5 Å². The van der Waals surface area contributed by atoms with Crippen molar-refractivity contribution in [2.75, 3.05) is 7.11 Å². The van der Waals surface area contributed by atoms with E-state index in [2.05, 4.69) is 25.7 Å². The molecule has 0 fully saturated rings. The molecule has 3 nitrogen and oxygen atoms in total. The molecule has 0 aliphatic carbocycles. The molecule has 0 aromatic carbocycles. The Morgan fingerprint density at radius 1 is 1.67 bits per heavy atom. The van der Waals surface area contributed by atoms with Crippen LogP contribution in [0.4, 0.5) is 8.78 Å². The first-order chi connectivity index (χ1) is 6.97. The molecule has 0 amide bonds. The monoisotopic (exact) mass is 299 g/mol. The molecule has 1 heterocycles. The van der Waals surface area contributed by atoms with Crippen LogP contribution in [-0.2, 0) is 4.74 Å². The normalized spacial score (nSPS) is 10.5. The van der Waals surface area contributed by atoms with Gasteiger partial charge in [0, 0.05) is 5.56 Å². The van der Waals surface area contributed by atoms with Crippen LogP contribution in [-0.4, -0.2) is 18.1 Å². The quantitative estimate of drug-likeness (QED) is 0.622. The highest BCUT2D eigenvalue weighted by atomic mass is 79.9. The zero-order valence-electron chi connectivity index (χ0n) is 7.43. The fourth-order valence-electron chi connectivity index (χ4n) is 0.907. The Bertz CT molecular complexity index is 400. The number of carbonyl (C=O) groups excluding carboxylic acids is 1. The molecule has 1 aromatic heterocycles. The molecule has 0 aliphatic heterocycles. The molecule has 0 N–H and O–H groups in total. The minimum atomic E-state index is -2.78. The van der Waals surface area contributed by atoms with E-state index in [9.17, 15) is 13.6 Å². The molecule has 82 valence electrons. The minimum absolute atomic E-state index is 0.0996. The number of alkyl halides is 2. The van der Waals surface area contributed by atoms with E-state index in [1.54, 1.807) is 0 Å². The standard InChI is InChI=1S/C8H5BrClF2NO2/c1-15-8(14)6-5(10)3(7(11)12)2-4(9)13-6/h2,7H,1H3. The maximum absolute atomic E-state index is 12.5. The first-order valence-electron chi connectivity index (χ1n) is 3.69. The van der Waals surface area contributed by atoms with Gasteiger partial charge in [0.1, 0.15) is 4.60 Å². The fraction of sp³-hybridized carbons (Fsp3) is 0.250. The Labute approximate surface area is 97.5 Å². The highest BCUT2D eigenvalue weighted by Crippen LogP contribution is 2.31. The number of pyridine rings is 1. The number of ether oxygens (including phenoxy) is 1. The first kappa shape index (κ1) is 12.3. The molecule has 0 radical (unpaired) electrons. The van der Waals surface area contributed by atoms with Crippen LogP contribution >= 0.6 is 27.5 Å². The topological polar surface area (TPSA) is 39.2 Å². The maximum atomic E-state index is 12.5. The van der Waals surface area contributed by atoms with Crippen molar-refractivity contribution in [2.45, 2.75) is 6.43 Å². The Morgan fingerprint density at radius 3 is 2.73 bits per heavy atom. The summed E-state index contributed by atoms with van der Waals surface area (Å²) in [5.41, 5.74) is -0.789. The Morgan fingerprint density at radius 2 is 2.27 bits per heavy atom. The highest BCUT2D eigenvalue weighted by Gasteiger charge is 2.21. The van der Waals surface area contributed by atoms with Crippen molar-refractivity contribution >= 4 is 33.5 Å². The van der Waals surface area contributed by atoms with Crippen LogP contribution in [0.5, 0.6) is 0 Å². The Hall–Kier alpha value is -0.750. The van der Waals surface area contributed by atoms with Crippen LogP contribution in [0.2, 0.25) is 5.02 Å². The van der Waals surface area contributed by atoms with E-state index >= 15 is 0 Å². The van der Waals surface area contributed by atoms with Gasteiger partial charge in [-0.2, -0.15) is 0 Å². The lowest BCUT2D eigenvalue weighted by atomic mass is 10.2. The van der Waals surface area contributed by atoms with Crippen molar-refractivity contribution < 1.29 is 18.3 Å². The third-order valence-corrected chi connectivity index (χ3v) is 2.37. The van der Waals surface area contributed by atoms with Gasteiger partial charge in [0.25, 0.3) is 6.43 Å². The van der Waals surface area contributed by atoms with Crippen LogP contribution in [0, 0.1) is 0 Å². The third-order valence-electron chi connectivity index (χ3n) is 1.57. The molecule has 0 saturated heterocycles. The third kappa shape index (κ3) is 2.63. The van der Waals surface area contributed by atoms with Gasteiger partial charge >= 0.3 is 5.97 Å².